The highest BCUT2D eigenvalue weighted by molar-refractivity contribution is 5.94. The van der Waals surface area contributed by atoms with Gasteiger partial charge in [0, 0.05) is 38.3 Å². The number of carbonyl (C=O) groups excluding carboxylic acids is 1. The van der Waals surface area contributed by atoms with Crippen LogP contribution >= 0.6 is 0 Å². The number of fused-ring (bicyclic) bond motifs is 1. The van der Waals surface area contributed by atoms with Gasteiger partial charge in [0.15, 0.2) is 5.69 Å². The van der Waals surface area contributed by atoms with E-state index in [1.807, 2.05) is 11.0 Å². The second-order valence-corrected chi connectivity index (χ2v) is 6.38. The smallest absolute Gasteiger partial charge is 0.274 e. The minimum absolute atomic E-state index is 0.0345. The standard InChI is InChI=1S/C18H22N4O2/c23-18(22-8-10-24-11-9-22)17-15-6-7-21(13-16(15)19-20-17)12-14-4-2-1-3-5-14/h1-5H,6-13H2,(H,19,20). The van der Waals surface area contributed by atoms with Crippen LogP contribution in [0.4, 0.5) is 0 Å². The second-order valence-electron chi connectivity index (χ2n) is 6.38. The van der Waals surface area contributed by atoms with E-state index in [1.165, 1.54) is 5.56 Å². The summed E-state index contributed by atoms with van der Waals surface area (Å²) in [4.78, 5) is 16.9. The number of aromatic nitrogens is 2. The van der Waals surface area contributed by atoms with E-state index in [0.29, 0.717) is 32.0 Å². The molecule has 1 saturated heterocycles. The molecule has 6 heteroatoms. The normalized spacial score (nSPS) is 18.4. The number of aromatic amines is 1. The topological polar surface area (TPSA) is 61.5 Å². The van der Waals surface area contributed by atoms with E-state index >= 15 is 0 Å². The molecule has 0 spiro atoms. The Kier molecular flexibility index (Phi) is 4.32. The Hall–Kier alpha value is -2.18. The Morgan fingerprint density at radius 1 is 1.17 bits per heavy atom. The largest absolute Gasteiger partial charge is 0.378 e. The first-order chi connectivity index (χ1) is 11.8. The number of amides is 1. The number of morpholine rings is 1. The summed E-state index contributed by atoms with van der Waals surface area (Å²) in [6.45, 7) is 5.22. The van der Waals surface area contributed by atoms with E-state index in [-0.39, 0.29) is 5.91 Å². The molecular weight excluding hydrogens is 304 g/mol. The molecule has 0 atom stereocenters. The maximum absolute atomic E-state index is 12.7. The molecule has 4 rings (SSSR count). The van der Waals surface area contributed by atoms with Gasteiger partial charge in [-0.15, -0.1) is 0 Å². The Morgan fingerprint density at radius 2 is 1.96 bits per heavy atom. The van der Waals surface area contributed by atoms with Crippen LogP contribution in [0.3, 0.4) is 0 Å². The Balaban J connectivity index is 1.46. The highest BCUT2D eigenvalue weighted by atomic mass is 16.5. The lowest BCUT2D eigenvalue weighted by Crippen LogP contribution is -2.41. The molecule has 1 aromatic heterocycles. The summed E-state index contributed by atoms with van der Waals surface area (Å²) in [5.74, 6) is 0.0345. The fraction of sp³-hybridized carbons (Fsp3) is 0.444. The minimum Gasteiger partial charge on any atom is -0.378 e. The van der Waals surface area contributed by atoms with Gasteiger partial charge in [0.1, 0.15) is 0 Å². The number of carbonyl (C=O) groups is 1. The number of ether oxygens (including phenoxy) is 1. The lowest BCUT2D eigenvalue weighted by Gasteiger charge is -2.28. The first kappa shape index (κ1) is 15.4. The van der Waals surface area contributed by atoms with Gasteiger partial charge in [0.05, 0.1) is 18.9 Å². The van der Waals surface area contributed by atoms with Gasteiger partial charge in [-0.1, -0.05) is 30.3 Å². The van der Waals surface area contributed by atoms with Gasteiger partial charge in [-0.05, 0) is 12.0 Å². The number of hydrogen-bond acceptors (Lipinski definition) is 4. The van der Waals surface area contributed by atoms with Gasteiger partial charge in [-0.2, -0.15) is 5.10 Å². The van der Waals surface area contributed by atoms with E-state index in [1.54, 1.807) is 0 Å². The molecule has 0 unspecified atom stereocenters. The number of benzene rings is 1. The van der Waals surface area contributed by atoms with E-state index in [9.17, 15) is 4.79 Å². The van der Waals surface area contributed by atoms with Gasteiger partial charge in [0.25, 0.3) is 5.91 Å². The number of nitrogens with one attached hydrogen (secondary N) is 1. The lowest BCUT2D eigenvalue weighted by atomic mass is 10.0. The molecule has 126 valence electrons. The van der Waals surface area contributed by atoms with E-state index < -0.39 is 0 Å². The maximum Gasteiger partial charge on any atom is 0.274 e. The van der Waals surface area contributed by atoms with Crippen molar-refractivity contribution in [2.75, 3.05) is 32.8 Å². The zero-order chi connectivity index (χ0) is 16.4. The van der Waals surface area contributed by atoms with Crippen molar-refractivity contribution < 1.29 is 9.53 Å². The van der Waals surface area contributed by atoms with E-state index in [2.05, 4.69) is 39.4 Å². The van der Waals surface area contributed by atoms with Crippen LogP contribution in [0.1, 0.15) is 27.3 Å². The molecule has 2 aromatic rings. The third-order valence-corrected chi connectivity index (χ3v) is 4.76. The first-order valence-electron chi connectivity index (χ1n) is 8.50. The number of nitrogens with zero attached hydrogens (tertiary/aromatic N) is 3. The molecule has 24 heavy (non-hydrogen) atoms. The lowest BCUT2D eigenvalue weighted by molar-refractivity contribution is 0.0298. The average molecular weight is 326 g/mol. The molecule has 1 amide bonds. The van der Waals surface area contributed by atoms with Crippen LogP contribution < -0.4 is 0 Å². The predicted molar refractivity (Wildman–Crippen MR) is 89.6 cm³/mol. The molecule has 1 N–H and O–H groups in total. The number of H-pyrrole nitrogens is 1. The van der Waals surface area contributed by atoms with Crippen LogP contribution in [0, 0.1) is 0 Å². The van der Waals surface area contributed by atoms with Crippen molar-refractivity contribution >= 4 is 5.91 Å². The monoisotopic (exact) mass is 326 g/mol. The third kappa shape index (κ3) is 3.07. The van der Waals surface area contributed by atoms with Crippen LogP contribution in [0.15, 0.2) is 30.3 Å². The highest BCUT2D eigenvalue weighted by Crippen LogP contribution is 2.23. The van der Waals surface area contributed by atoms with Gasteiger partial charge >= 0.3 is 0 Å². The van der Waals surface area contributed by atoms with E-state index in [0.717, 1.165) is 37.3 Å². The van der Waals surface area contributed by atoms with Crippen molar-refractivity contribution in [3.05, 3.63) is 52.8 Å². The molecule has 1 aromatic carbocycles. The zero-order valence-electron chi connectivity index (χ0n) is 13.7. The van der Waals surface area contributed by atoms with Crippen LogP contribution in [0.25, 0.3) is 0 Å². The fourth-order valence-corrected chi connectivity index (χ4v) is 3.44. The molecule has 2 aliphatic rings. The third-order valence-electron chi connectivity index (χ3n) is 4.76. The summed E-state index contributed by atoms with van der Waals surface area (Å²) in [6.07, 6.45) is 0.865. The number of rotatable bonds is 3. The molecule has 0 aliphatic carbocycles. The SMILES string of the molecule is O=C(c1n[nH]c2c1CCN(Cc1ccccc1)C2)N1CCOCC1. The van der Waals surface area contributed by atoms with Gasteiger partial charge in [0.2, 0.25) is 0 Å². The molecular formula is C18H22N4O2. The van der Waals surface area contributed by atoms with Crippen molar-refractivity contribution in [3.63, 3.8) is 0 Å². The predicted octanol–water partition coefficient (Wildman–Crippen LogP) is 1.44. The van der Waals surface area contributed by atoms with Crippen LogP contribution in [0.2, 0.25) is 0 Å². The van der Waals surface area contributed by atoms with Crippen molar-refractivity contribution in [3.8, 4) is 0 Å². The Labute approximate surface area is 141 Å². The van der Waals surface area contributed by atoms with Gasteiger partial charge < -0.3 is 9.64 Å². The molecule has 1 fully saturated rings. The van der Waals surface area contributed by atoms with Crippen molar-refractivity contribution in [2.45, 2.75) is 19.5 Å². The molecule has 0 radical (unpaired) electrons. The molecule has 6 nitrogen and oxygen atoms in total. The summed E-state index contributed by atoms with van der Waals surface area (Å²) in [5, 5.41) is 7.42. The van der Waals surface area contributed by atoms with Crippen molar-refractivity contribution in [2.24, 2.45) is 0 Å². The van der Waals surface area contributed by atoms with Crippen LogP contribution in [-0.4, -0.2) is 58.8 Å². The van der Waals surface area contributed by atoms with Crippen molar-refractivity contribution in [1.29, 1.82) is 0 Å². The molecule has 0 bridgehead atoms. The molecule has 0 saturated carbocycles. The average Bonchev–Trinajstić information content (AvgIpc) is 3.06. The quantitative estimate of drug-likeness (QED) is 0.927. The van der Waals surface area contributed by atoms with Gasteiger partial charge in [-0.3, -0.25) is 14.8 Å². The number of hydrogen-bond donors (Lipinski definition) is 1. The second kappa shape index (κ2) is 6.75. The summed E-state index contributed by atoms with van der Waals surface area (Å²) < 4.78 is 5.32. The highest BCUT2D eigenvalue weighted by Gasteiger charge is 2.28. The van der Waals surface area contributed by atoms with Crippen LogP contribution in [0.5, 0.6) is 0 Å². The minimum atomic E-state index is 0.0345. The Bertz CT molecular complexity index is 707. The molecule has 3 heterocycles. The van der Waals surface area contributed by atoms with E-state index in [4.69, 9.17) is 4.74 Å². The first-order valence-corrected chi connectivity index (χ1v) is 8.50. The summed E-state index contributed by atoms with van der Waals surface area (Å²) in [5.41, 5.74) is 4.08. The zero-order valence-corrected chi connectivity index (χ0v) is 13.7. The molecule has 2 aliphatic heterocycles. The van der Waals surface area contributed by atoms with Gasteiger partial charge in [-0.25, -0.2) is 0 Å². The summed E-state index contributed by atoms with van der Waals surface area (Å²) in [7, 11) is 0. The van der Waals surface area contributed by atoms with Crippen molar-refractivity contribution in [1.82, 2.24) is 20.0 Å². The van der Waals surface area contributed by atoms with Crippen LogP contribution in [-0.2, 0) is 24.2 Å². The summed E-state index contributed by atoms with van der Waals surface area (Å²) in [6, 6.07) is 10.5. The Morgan fingerprint density at radius 3 is 2.75 bits per heavy atom. The maximum atomic E-state index is 12.7. The summed E-state index contributed by atoms with van der Waals surface area (Å²) >= 11 is 0. The fourth-order valence-electron chi connectivity index (χ4n) is 3.44.